The lowest BCUT2D eigenvalue weighted by molar-refractivity contribution is 0.204. The van der Waals surface area contributed by atoms with E-state index in [4.69, 9.17) is 14.0 Å². The summed E-state index contributed by atoms with van der Waals surface area (Å²) >= 11 is 0. The van der Waals surface area contributed by atoms with Crippen LogP contribution in [0.4, 0.5) is 10.5 Å². The summed E-state index contributed by atoms with van der Waals surface area (Å²) in [4.78, 5) is 14.6. The molecule has 1 atom stereocenters. The molecule has 1 aromatic heterocycles. The van der Waals surface area contributed by atoms with Gasteiger partial charge in [-0.25, -0.2) is 4.79 Å². The fraction of sp³-hybridized carbons (Fsp3) is 0.474. The molecule has 2 aromatic rings. The second kappa shape index (κ2) is 8.12. The number of urea groups is 1. The number of amides is 2. The van der Waals surface area contributed by atoms with Gasteiger partial charge in [-0.3, -0.25) is 0 Å². The Kier molecular flexibility index (Phi) is 5.65. The van der Waals surface area contributed by atoms with Gasteiger partial charge in [0.2, 0.25) is 0 Å². The van der Waals surface area contributed by atoms with Crippen LogP contribution in [-0.2, 0) is 6.42 Å². The van der Waals surface area contributed by atoms with Gasteiger partial charge in [-0.05, 0) is 31.4 Å². The van der Waals surface area contributed by atoms with Gasteiger partial charge in [-0.15, -0.1) is 0 Å². The lowest BCUT2D eigenvalue weighted by Gasteiger charge is -2.24. The zero-order valence-electron chi connectivity index (χ0n) is 15.4. The maximum absolute atomic E-state index is 12.8. The molecule has 3 rings (SSSR count). The van der Waals surface area contributed by atoms with Crippen LogP contribution in [0.3, 0.4) is 0 Å². The van der Waals surface area contributed by atoms with Crippen molar-refractivity contribution in [1.82, 2.24) is 10.1 Å². The molecule has 7 heteroatoms. The largest absolute Gasteiger partial charge is 0.497 e. The highest BCUT2D eigenvalue weighted by Gasteiger charge is 2.32. The summed E-state index contributed by atoms with van der Waals surface area (Å²) in [6.45, 7) is 2.78. The number of nitrogens with one attached hydrogen (secondary N) is 1. The molecule has 1 aliphatic rings. The van der Waals surface area contributed by atoms with E-state index in [1.807, 2.05) is 6.07 Å². The molecule has 1 saturated heterocycles. The van der Waals surface area contributed by atoms with Crippen molar-refractivity contribution < 1.29 is 18.8 Å². The summed E-state index contributed by atoms with van der Waals surface area (Å²) in [7, 11) is 3.15. The smallest absolute Gasteiger partial charge is 0.322 e. The van der Waals surface area contributed by atoms with Gasteiger partial charge >= 0.3 is 6.03 Å². The van der Waals surface area contributed by atoms with Crippen LogP contribution in [0.2, 0.25) is 0 Å². The highest BCUT2D eigenvalue weighted by atomic mass is 16.5. The molecule has 1 aromatic carbocycles. The Morgan fingerprint density at radius 3 is 2.92 bits per heavy atom. The van der Waals surface area contributed by atoms with Crippen LogP contribution in [0, 0.1) is 0 Å². The molecule has 1 aliphatic heterocycles. The number of aryl methyl sites for hydroxylation is 1. The Labute approximate surface area is 153 Å². The fourth-order valence-electron chi connectivity index (χ4n) is 3.26. The number of hydrogen-bond donors (Lipinski definition) is 1. The van der Waals surface area contributed by atoms with Crippen molar-refractivity contribution in [2.24, 2.45) is 0 Å². The van der Waals surface area contributed by atoms with Crippen molar-refractivity contribution in [2.45, 2.75) is 38.6 Å². The minimum absolute atomic E-state index is 0.0615. The molecule has 0 saturated carbocycles. The van der Waals surface area contributed by atoms with Crippen LogP contribution in [0.25, 0.3) is 0 Å². The number of ether oxygens (including phenoxy) is 2. The molecule has 0 bridgehead atoms. The van der Waals surface area contributed by atoms with E-state index in [9.17, 15) is 4.79 Å². The van der Waals surface area contributed by atoms with E-state index < -0.39 is 0 Å². The molecule has 2 heterocycles. The zero-order valence-corrected chi connectivity index (χ0v) is 15.4. The van der Waals surface area contributed by atoms with E-state index in [0.717, 1.165) is 37.1 Å². The third kappa shape index (κ3) is 3.76. The first-order valence-electron chi connectivity index (χ1n) is 8.91. The number of rotatable bonds is 6. The summed E-state index contributed by atoms with van der Waals surface area (Å²) in [5.74, 6) is 2.09. The molecular weight excluding hydrogens is 334 g/mol. The van der Waals surface area contributed by atoms with E-state index in [1.54, 1.807) is 37.3 Å². The van der Waals surface area contributed by atoms with Crippen molar-refractivity contribution >= 4 is 11.7 Å². The minimum atomic E-state index is -0.170. The summed E-state index contributed by atoms with van der Waals surface area (Å²) in [6, 6.07) is 7.04. The van der Waals surface area contributed by atoms with Gasteiger partial charge in [0.05, 0.1) is 25.9 Å². The maximum atomic E-state index is 12.8. The van der Waals surface area contributed by atoms with Crippen LogP contribution < -0.4 is 14.8 Å². The lowest BCUT2D eigenvalue weighted by atomic mass is 10.1. The Bertz CT molecular complexity index is 759. The molecule has 26 heavy (non-hydrogen) atoms. The number of aromatic nitrogens is 1. The Morgan fingerprint density at radius 2 is 2.19 bits per heavy atom. The van der Waals surface area contributed by atoms with Gasteiger partial charge in [0.25, 0.3) is 0 Å². The normalized spacial score (nSPS) is 16.6. The van der Waals surface area contributed by atoms with Gasteiger partial charge in [-0.1, -0.05) is 12.1 Å². The molecule has 1 fully saturated rings. The maximum Gasteiger partial charge on any atom is 0.322 e. The van der Waals surface area contributed by atoms with Gasteiger partial charge in [0, 0.05) is 25.1 Å². The molecule has 0 spiro atoms. The van der Waals surface area contributed by atoms with Crippen LogP contribution in [0.1, 0.15) is 43.7 Å². The van der Waals surface area contributed by atoms with Crippen molar-refractivity contribution in [1.29, 1.82) is 0 Å². The molecule has 0 aliphatic carbocycles. The molecular formula is C19H25N3O4. The SMILES string of the molecule is CCCc1cc(C2CCCN2C(=O)Nc2ccc(OC)cc2OC)no1. The summed E-state index contributed by atoms with van der Waals surface area (Å²) in [5, 5.41) is 7.11. The monoisotopic (exact) mass is 359 g/mol. The first-order chi connectivity index (χ1) is 12.7. The fourth-order valence-corrected chi connectivity index (χ4v) is 3.26. The Hall–Kier alpha value is -2.70. The molecule has 140 valence electrons. The number of anilines is 1. The van der Waals surface area contributed by atoms with Crippen LogP contribution in [0.15, 0.2) is 28.8 Å². The Morgan fingerprint density at radius 1 is 1.35 bits per heavy atom. The van der Waals surface area contributed by atoms with E-state index >= 15 is 0 Å². The van der Waals surface area contributed by atoms with E-state index in [0.29, 0.717) is 23.7 Å². The van der Waals surface area contributed by atoms with E-state index in [2.05, 4.69) is 17.4 Å². The minimum Gasteiger partial charge on any atom is -0.497 e. The second-order valence-corrected chi connectivity index (χ2v) is 6.32. The molecule has 1 N–H and O–H groups in total. The van der Waals surface area contributed by atoms with Gasteiger partial charge in [0.1, 0.15) is 23.0 Å². The summed E-state index contributed by atoms with van der Waals surface area (Å²) in [5.41, 5.74) is 1.43. The number of nitrogens with zero attached hydrogens (tertiary/aromatic N) is 2. The highest BCUT2D eigenvalue weighted by molar-refractivity contribution is 5.91. The third-order valence-corrected chi connectivity index (χ3v) is 4.58. The molecule has 1 unspecified atom stereocenters. The topological polar surface area (TPSA) is 76.8 Å². The van der Waals surface area contributed by atoms with Gasteiger partial charge in [-0.2, -0.15) is 0 Å². The Balaban J connectivity index is 1.74. The summed E-state index contributed by atoms with van der Waals surface area (Å²) < 4.78 is 15.9. The van der Waals surface area contributed by atoms with E-state index in [1.165, 1.54) is 0 Å². The van der Waals surface area contributed by atoms with Crippen LogP contribution in [0.5, 0.6) is 11.5 Å². The number of likely N-dealkylation sites (tertiary alicyclic amines) is 1. The predicted octanol–water partition coefficient (Wildman–Crippen LogP) is 4.01. The lowest BCUT2D eigenvalue weighted by Crippen LogP contribution is -2.34. The molecule has 2 amide bonds. The second-order valence-electron chi connectivity index (χ2n) is 6.32. The zero-order chi connectivity index (χ0) is 18.5. The van der Waals surface area contributed by atoms with E-state index in [-0.39, 0.29) is 12.1 Å². The first-order valence-corrected chi connectivity index (χ1v) is 8.91. The average Bonchev–Trinajstić information content (AvgIpc) is 3.31. The van der Waals surface area contributed by atoms with Crippen LogP contribution in [-0.4, -0.2) is 36.9 Å². The quantitative estimate of drug-likeness (QED) is 0.843. The van der Waals surface area contributed by atoms with Gasteiger partial charge < -0.3 is 24.2 Å². The number of benzene rings is 1. The van der Waals surface area contributed by atoms with Crippen molar-refractivity contribution in [3.63, 3.8) is 0 Å². The number of hydrogen-bond acceptors (Lipinski definition) is 5. The van der Waals surface area contributed by atoms with Crippen molar-refractivity contribution in [3.8, 4) is 11.5 Å². The highest BCUT2D eigenvalue weighted by Crippen LogP contribution is 2.34. The number of methoxy groups -OCH3 is 2. The molecule has 7 nitrogen and oxygen atoms in total. The summed E-state index contributed by atoms with van der Waals surface area (Å²) in [6.07, 6.45) is 3.68. The van der Waals surface area contributed by atoms with Crippen molar-refractivity contribution in [3.05, 3.63) is 35.7 Å². The number of carbonyl (C=O) groups is 1. The first kappa shape index (κ1) is 18.1. The van der Waals surface area contributed by atoms with Crippen molar-refractivity contribution in [2.75, 3.05) is 26.1 Å². The van der Waals surface area contributed by atoms with Gasteiger partial charge in [0.15, 0.2) is 0 Å². The van der Waals surface area contributed by atoms with Crippen LogP contribution >= 0.6 is 0 Å². The molecule has 0 radical (unpaired) electrons. The third-order valence-electron chi connectivity index (χ3n) is 4.58. The predicted molar refractivity (Wildman–Crippen MR) is 97.7 cm³/mol. The average molecular weight is 359 g/mol. The standard InChI is InChI=1S/C19H25N3O4/c1-4-6-14-11-16(21-26-14)17-7-5-10-22(17)19(23)20-15-9-8-13(24-2)12-18(15)25-3/h8-9,11-12,17H,4-7,10H2,1-3H3,(H,20,23). The number of carbonyl (C=O) groups excluding carboxylic acids is 1.